The van der Waals surface area contributed by atoms with Crippen LogP contribution in [0.3, 0.4) is 0 Å². The SMILES string of the molecule is c1ccc(N2c3cc4c(cc3B3c5ccc6oc7ccccc7c6c5N(c5ccccc5)c5cccc2c53)B2c3ccc5oc6ccccc6c5c3N(c3ccccc3)c3cccc(c32)S4)cc1. The van der Waals surface area contributed by atoms with Crippen molar-refractivity contribution in [3.8, 4) is 0 Å². The van der Waals surface area contributed by atoms with Gasteiger partial charge in [0.2, 0.25) is 6.71 Å². The largest absolute Gasteiger partial charge is 0.456 e. The zero-order valence-electron chi connectivity index (χ0n) is 36.4. The summed E-state index contributed by atoms with van der Waals surface area (Å²) in [4.78, 5) is 10.1. The average molecular weight is 884 g/mol. The smallest absolute Gasteiger partial charge is 0.252 e. The number of para-hydroxylation sites is 5. The van der Waals surface area contributed by atoms with Crippen LogP contribution < -0.4 is 47.5 Å². The second-order valence-corrected chi connectivity index (χ2v) is 19.4. The first-order valence-electron chi connectivity index (χ1n) is 23.3. The molecule has 0 spiro atoms. The van der Waals surface area contributed by atoms with Crippen molar-refractivity contribution in [1.82, 2.24) is 0 Å². The number of anilines is 9. The molecule has 4 aliphatic heterocycles. The van der Waals surface area contributed by atoms with Gasteiger partial charge in [0, 0.05) is 60.4 Å². The van der Waals surface area contributed by atoms with E-state index in [9.17, 15) is 0 Å². The number of benzene rings is 10. The van der Waals surface area contributed by atoms with Crippen molar-refractivity contribution in [2.24, 2.45) is 0 Å². The average Bonchev–Trinajstić information content (AvgIpc) is 3.98. The van der Waals surface area contributed by atoms with Crippen LogP contribution in [0.1, 0.15) is 0 Å². The predicted octanol–water partition coefficient (Wildman–Crippen LogP) is 12.3. The fraction of sp³-hybridized carbons (Fsp3) is 0. The van der Waals surface area contributed by atoms with Crippen molar-refractivity contribution in [3.63, 3.8) is 0 Å². The van der Waals surface area contributed by atoms with E-state index in [1.165, 1.54) is 76.7 Å². The Hall–Kier alpha value is -8.32. The van der Waals surface area contributed by atoms with Gasteiger partial charge in [-0.15, -0.1) is 0 Å². The Morgan fingerprint density at radius 3 is 1.37 bits per heavy atom. The first kappa shape index (κ1) is 36.8. The van der Waals surface area contributed by atoms with E-state index in [-0.39, 0.29) is 13.4 Å². The molecule has 6 heterocycles. The molecule has 314 valence electrons. The normalized spacial score (nSPS) is 14.0. The van der Waals surface area contributed by atoms with Crippen LogP contribution in [0.25, 0.3) is 43.9 Å². The van der Waals surface area contributed by atoms with Crippen LogP contribution in [0.2, 0.25) is 0 Å². The highest BCUT2D eigenvalue weighted by molar-refractivity contribution is 8.00. The monoisotopic (exact) mass is 883 g/mol. The van der Waals surface area contributed by atoms with Crippen LogP contribution in [0.4, 0.5) is 51.2 Å². The zero-order valence-corrected chi connectivity index (χ0v) is 37.2. The minimum Gasteiger partial charge on any atom is -0.456 e. The van der Waals surface area contributed by atoms with Gasteiger partial charge in [0.15, 0.2) is 0 Å². The molecule has 5 nitrogen and oxygen atoms in total. The van der Waals surface area contributed by atoms with Gasteiger partial charge >= 0.3 is 0 Å². The molecular formula is C60H35B2N3O2S. The predicted molar refractivity (Wildman–Crippen MR) is 285 cm³/mol. The lowest BCUT2D eigenvalue weighted by Crippen LogP contribution is -2.64. The van der Waals surface area contributed by atoms with Crippen LogP contribution in [-0.4, -0.2) is 13.4 Å². The molecule has 0 atom stereocenters. The van der Waals surface area contributed by atoms with Crippen LogP contribution in [0.15, 0.2) is 231 Å². The summed E-state index contributed by atoms with van der Waals surface area (Å²) in [5, 5.41) is 4.52. The van der Waals surface area contributed by atoms with Gasteiger partial charge in [-0.25, -0.2) is 0 Å². The van der Waals surface area contributed by atoms with Gasteiger partial charge in [-0.1, -0.05) is 139 Å². The van der Waals surface area contributed by atoms with Gasteiger partial charge in [0.25, 0.3) is 6.71 Å². The first-order chi connectivity index (χ1) is 33.8. The molecule has 12 aromatic rings. The molecule has 4 aliphatic rings. The van der Waals surface area contributed by atoms with Crippen molar-refractivity contribution < 1.29 is 8.83 Å². The molecule has 0 N–H and O–H groups in total. The summed E-state index contributed by atoms with van der Waals surface area (Å²) in [6, 6.07) is 77.6. The molecule has 0 bridgehead atoms. The van der Waals surface area contributed by atoms with E-state index in [4.69, 9.17) is 8.83 Å². The minimum atomic E-state index is -0.0831. The molecule has 2 aromatic heterocycles. The van der Waals surface area contributed by atoms with Crippen molar-refractivity contribution in [2.75, 3.05) is 14.7 Å². The standard InChI is InChI=1S/C60H35B2N3O2S/c1-4-16-36(17-5-1)63-45-24-14-25-46-57(45)61(41-30-32-51-55(39-22-10-12-27-49(39)66-51)59(41)64(46)37-18-6-2-7-19-37)43-34-44-54(35-48(43)63)68-53-29-15-26-47-58(53)62(44)42-31-33-52-56(40-23-11-13-28-50(40)67-52)60(42)65(47)38-20-8-3-9-21-38/h1-35H. The zero-order chi connectivity index (χ0) is 44.2. The van der Waals surface area contributed by atoms with E-state index in [0.29, 0.717) is 0 Å². The van der Waals surface area contributed by atoms with E-state index in [1.54, 1.807) is 0 Å². The lowest BCUT2D eigenvalue weighted by molar-refractivity contribution is 0.668. The third-order valence-electron chi connectivity index (χ3n) is 14.9. The second kappa shape index (κ2) is 13.6. The minimum absolute atomic E-state index is 0.0400. The summed E-state index contributed by atoms with van der Waals surface area (Å²) in [5.74, 6) is 0. The highest BCUT2D eigenvalue weighted by Crippen LogP contribution is 2.50. The van der Waals surface area contributed by atoms with Crippen LogP contribution in [0.5, 0.6) is 0 Å². The molecule has 16 rings (SSSR count). The molecule has 10 aromatic carbocycles. The van der Waals surface area contributed by atoms with Crippen molar-refractivity contribution >= 4 is 153 Å². The number of hydrogen-bond acceptors (Lipinski definition) is 6. The Morgan fingerprint density at radius 1 is 0.324 bits per heavy atom. The summed E-state index contributed by atoms with van der Waals surface area (Å²) < 4.78 is 13.3. The Balaban J connectivity index is 1.02. The fourth-order valence-corrected chi connectivity index (χ4v) is 13.4. The molecular weight excluding hydrogens is 848 g/mol. The van der Waals surface area contributed by atoms with Crippen molar-refractivity contribution in [2.45, 2.75) is 9.79 Å². The highest BCUT2D eigenvalue weighted by atomic mass is 32.2. The van der Waals surface area contributed by atoms with E-state index >= 15 is 0 Å². The Bertz CT molecular complexity index is 4120. The number of fused-ring (bicyclic) bond motifs is 16. The maximum atomic E-state index is 6.67. The Morgan fingerprint density at radius 2 is 0.794 bits per heavy atom. The second-order valence-electron chi connectivity index (χ2n) is 18.3. The summed E-state index contributed by atoms with van der Waals surface area (Å²) in [6.07, 6.45) is 0. The highest BCUT2D eigenvalue weighted by Gasteiger charge is 2.48. The third kappa shape index (κ3) is 4.84. The lowest BCUT2D eigenvalue weighted by Gasteiger charge is -2.45. The Kier molecular flexibility index (Phi) is 7.39. The molecule has 0 amide bonds. The van der Waals surface area contributed by atoms with Crippen LogP contribution >= 0.6 is 11.8 Å². The molecule has 0 saturated carbocycles. The maximum absolute atomic E-state index is 6.67. The summed E-state index contributed by atoms with van der Waals surface area (Å²) in [7, 11) is 0. The molecule has 8 heteroatoms. The molecule has 0 saturated heterocycles. The van der Waals surface area contributed by atoms with Crippen molar-refractivity contribution in [1.29, 1.82) is 0 Å². The molecule has 68 heavy (non-hydrogen) atoms. The molecule has 0 fully saturated rings. The quantitative estimate of drug-likeness (QED) is 0.165. The van der Waals surface area contributed by atoms with Crippen LogP contribution in [0, 0.1) is 0 Å². The number of nitrogens with zero attached hydrogens (tertiary/aromatic N) is 3. The van der Waals surface area contributed by atoms with E-state index in [1.807, 2.05) is 11.8 Å². The molecule has 0 aliphatic carbocycles. The van der Waals surface area contributed by atoms with Crippen LogP contribution in [-0.2, 0) is 0 Å². The number of hydrogen-bond donors (Lipinski definition) is 0. The van der Waals surface area contributed by atoms with Gasteiger partial charge in [0.05, 0.1) is 22.1 Å². The van der Waals surface area contributed by atoms with Gasteiger partial charge < -0.3 is 23.5 Å². The van der Waals surface area contributed by atoms with E-state index < -0.39 is 0 Å². The fourth-order valence-electron chi connectivity index (χ4n) is 12.2. The Labute approximate surface area is 396 Å². The van der Waals surface area contributed by atoms with E-state index in [2.05, 4.69) is 227 Å². The number of furan rings is 2. The first-order valence-corrected chi connectivity index (χ1v) is 24.1. The molecule has 0 unspecified atom stereocenters. The van der Waals surface area contributed by atoms with Crippen molar-refractivity contribution in [3.05, 3.63) is 212 Å². The molecule has 0 radical (unpaired) electrons. The lowest BCUT2D eigenvalue weighted by atomic mass is 9.31. The maximum Gasteiger partial charge on any atom is 0.252 e. The van der Waals surface area contributed by atoms with E-state index in [0.717, 1.165) is 60.9 Å². The summed E-state index contributed by atoms with van der Waals surface area (Å²) >= 11 is 1.90. The van der Waals surface area contributed by atoms with Gasteiger partial charge in [-0.3, -0.25) is 0 Å². The van der Waals surface area contributed by atoms with Gasteiger partial charge in [-0.2, -0.15) is 0 Å². The third-order valence-corrected chi connectivity index (χ3v) is 16.0. The number of rotatable bonds is 3. The topological polar surface area (TPSA) is 36.0 Å². The summed E-state index contributed by atoms with van der Waals surface area (Å²) in [5.41, 5.74) is 21.8. The van der Waals surface area contributed by atoms with Gasteiger partial charge in [0.1, 0.15) is 22.3 Å². The summed E-state index contributed by atoms with van der Waals surface area (Å²) in [6.45, 7) is -0.123. The van der Waals surface area contributed by atoms with Gasteiger partial charge in [-0.05, 0) is 118 Å².